The van der Waals surface area contributed by atoms with Crippen LogP contribution in [0.15, 0.2) is 84.9 Å². The van der Waals surface area contributed by atoms with Crippen LogP contribution in [0.4, 0.5) is 5.69 Å². The van der Waals surface area contributed by atoms with Gasteiger partial charge in [0.15, 0.2) is 0 Å². The Morgan fingerprint density at radius 3 is 2.15 bits per heavy atom. The van der Waals surface area contributed by atoms with E-state index in [-0.39, 0.29) is 11.7 Å². The van der Waals surface area contributed by atoms with Crippen LogP contribution in [0.1, 0.15) is 30.1 Å². The number of benzene rings is 3. The molecular weight excluding hydrogens is 416 g/mol. The highest BCUT2D eigenvalue weighted by Gasteiger charge is 2.31. The SMILES string of the molecule is O=[N+]([O-])c1ccc(C(O)C(COc2ccccc2)N2CCC(Cc3ccccc3)CC2)cc1. The number of nitro groups is 1. The molecule has 1 fully saturated rings. The van der Waals surface area contributed by atoms with Gasteiger partial charge in [-0.1, -0.05) is 48.5 Å². The zero-order valence-electron chi connectivity index (χ0n) is 18.6. The molecule has 1 aliphatic rings. The standard InChI is InChI=1S/C27H30N2O4/c30-27(23-11-13-24(14-12-23)29(31)32)26(20-33-25-9-5-2-6-10-25)28-17-15-22(16-18-28)19-21-7-3-1-4-8-21/h1-14,22,26-27,30H,15-20H2. The van der Waals surface area contributed by atoms with Gasteiger partial charge >= 0.3 is 0 Å². The lowest BCUT2D eigenvalue weighted by Crippen LogP contribution is -2.47. The minimum atomic E-state index is -0.805. The van der Waals surface area contributed by atoms with Crippen LogP contribution in [0.25, 0.3) is 0 Å². The number of hydrogen-bond acceptors (Lipinski definition) is 5. The number of piperidine rings is 1. The normalized spacial score (nSPS) is 16.8. The van der Waals surface area contributed by atoms with Crippen LogP contribution in [0.3, 0.4) is 0 Å². The highest BCUT2D eigenvalue weighted by Crippen LogP contribution is 2.29. The number of rotatable bonds is 9. The summed E-state index contributed by atoms with van der Waals surface area (Å²) in [6, 6.07) is 26.1. The Bertz CT molecular complexity index is 1000. The highest BCUT2D eigenvalue weighted by atomic mass is 16.6. The molecule has 1 heterocycles. The van der Waals surface area contributed by atoms with E-state index in [9.17, 15) is 15.2 Å². The largest absolute Gasteiger partial charge is 0.492 e. The first-order chi connectivity index (χ1) is 16.1. The van der Waals surface area contributed by atoms with Crippen molar-refractivity contribution in [2.75, 3.05) is 19.7 Å². The Hall–Kier alpha value is -3.22. The molecule has 1 N–H and O–H groups in total. The van der Waals surface area contributed by atoms with Crippen molar-refractivity contribution in [1.82, 2.24) is 4.90 Å². The molecule has 0 aromatic heterocycles. The van der Waals surface area contributed by atoms with Crippen molar-refractivity contribution < 1.29 is 14.8 Å². The maximum Gasteiger partial charge on any atom is 0.269 e. The first-order valence-corrected chi connectivity index (χ1v) is 11.5. The Labute approximate surface area is 194 Å². The number of nitro benzene ring substituents is 1. The molecule has 2 atom stereocenters. The molecule has 6 heteroatoms. The molecule has 1 aliphatic heterocycles. The molecule has 0 spiro atoms. The van der Waals surface area contributed by atoms with Gasteiger partial charge in [0.05, 0.1) is 17.1 Å². The number of para-hydroxylation sites is 1. The summed E-state index contributed by atoms with van der Waals surface area (Å²) in [5.74, 6) is 1.38. The van der Waals surface area contributed by atoms with Gasteiger partial charge in [0.2, 0.25) is 0 Å². The third kappa shape index (κ3) is 6.18. The van der Waals surface area contributed by atoms with E-state index in [0.29, 0.717) is 18.1 Å². The van der Waals surface area contributed by atoms with Crippen molar-refractivity contribution in [2.45, 2.75) is 31.4 Å². The predicted molar refractivity (Wildman–Crippen MR) is 128 cm³/mol. The molecule has 0 saturated carbocycles. The van der Waals surface area contributed by atoms with E-state index in [4.69, 9.17) is 4.74 Å². The topological polar surface area (TPSA) is 75.8 Å². The zero-order valence-corrected chi connectivity index (χ0v) is 18.6. The summed E-state index contributed by atoms with van der Waals surface area (Å²) in [5.41, 5.74) is 2.05. The van der Waals surface area contributed by atoms with Gasteiger partial charge in [-0.05, 0) is 73.7 Å². The van der Waals surface area contributed by atoms with Gasteiger partial charge < -0.3 is 9.84 Å². The molecule has 2 unspecified atom stereocenters. The minimum Gasteiger partial charge on any atom is -0.492 e. The van der Waals surface area contributed by atoms with Crippen molar-refractivity contribution in [3.05, 3.63) is 106 Å². The molecule has 0 amide bonds. The van der Waals surface area contributed by atoms with Crippen LogP contribution >= 0.6 is 0 Å². The molecule has 1 saturated heterocycles. The maximum absolute atomic E-state index is 11.2. The summed E-state index contributed by atoms with van der Waals surface area (Å²) in [6.07, 6.45) is 2.39. The van der Waals surface area contributed by atoms with Gasteiger partial charge in [-0.25, -0.2) is 0 Å². The van der Waals surface area contributed by atoms with Crippen molar-refractivity contribution in [2.24, 2.45) is 5.92 Å². The third-order valence-electron chi connectivity index (χ3n) is 6.46. The zero-order chi connectivity index (χ0) is 23.0. The van der Waals surface area contributed by atoms with Gasteiger partial charge in [0.25, 0.3) is 5.69 Å². The molecule has 172 valence electrons. The van der Waals surface area contributed by atoms with Crippen molar-refractivity contribution >= 4 is 5.69 Å². The molecule has 6 nitrogen and oxygen atoms in total. The van der Waals surface area contributed by atoms with E-state index < -0.39 is 11.0 Å². The average molecular weight is 447 g/mol. The quantitative estimate of drug-likeness (QED) is 0.369. The molecule has 3 aromatic rings. The summed E-state index contributed by atoms with van der Waals surface area (Å²) in [4.78, 5) is 12.9. The summed E-state index contributed by atoms with van der Waals surface area (Å²) in [5, 5.41) is 22.2. The number of non-ortho nitro benzene ring substituents is 1. The molecule has 0 bridgehead atoms. The van der Waals surface area contributed by atoms with Crippen LogP contribution in [-0.2, 0) is 6.42 Å². The number of aliphatic hydroxyl groups is 1. The second-order valence-electron chi connectivity index (χ2n) is 8.65. The fourth-order valence-electron chi connectivity index (χ4n) is 4.55. The van der Waals surface area contributed by atoms with Gasteiger partial charge in [0.1, 0.15) is 12.4 Å². The average Bonchev–Trinajstić information content (AvgIpc) is 2.86. The maximum atomic E-state index is 11.2. The smallest absolute Gasteiger partial charge is 0.269 e. The summed E-state index contributed by atoms with van der Waals surface area (Å²) >= 11 is 0. The molecule has 4 rings (SSSR count). The second-order valence-corrected chi connectivity index (χ2v) is 8.65. The van der Waals surface area contributed by atoms with Crippen molar-refractivity contribution in [1.29, 1.82) is 0 Å². The van der Waals surface area contributed by atoms with Gasteiger partial charge in [-0.15, -0.1) is 0 Å². The first kappa shape index (κ1) is 23.0. The van der Waals surface area contributed by atoms with E-state index in [0.717, 1.165) is 38.1 Å². The summed E-state index contributed by atoms with van der Waals surface area (Å²) in [6.45, 7) is 2.10. The molecular formula is C27H30N2O4. The van der Waals surface area contributed by atoms with E-state index in [1.54, 1.807) is 12.1 Å². The number of likely N-dealkylation sites (tertiary alicyclic amines) is 1. The molecule has 33 heavy (non-hydrogen) atoms. The van der Waals surface area contributed by atoms with Crippen LogP contribution < -0.4 is 4.74 Å². The van der Waals surface area contributed by atoms with Gasteiger partial charge in [-0.3, -0.25) is 15.0 Å². The first-order valence-electron chi connectivity index (χ1n) is 11.5. The lowest BCUT2D eigenvalue weighted by Gasteiger charge is -2.39. The number of ether oxygens (including phenoxy) is 1. The number of hydrogen-bond donors (Lipinski definition) is 1. The Morgan fingerprint density at radius 2 is 1.55 bits per heavy atom. The third-order valence-corrected chi connectivity index (χ3v) is 6.46. The fraction of sp³-hybridized carbons (Fsp3) is 0.333. The Morgan fingerprint density at radius 1 is 0.939 bits per heavy atom. The van der Waals surface area contributed by atoms with Crippen molar-refractivity contribution in [3.63, 3.8) is 0 Å². The summed E-state index contributed by atoms with van der Waals surface area (Å²) in [7, 11) is 0. The minimum absolute atomic E-state index is 0.0183. The number of nitrogens with zero attached hydrogens (tertiary/aromatic N) is 2. The lowest BCUT2D eigenvalue weighted by molar-refractivity contribution is -0.384. The van der Waals surface area contributed by atoms with E-state index in [1.165, 1.54) is 17.7 Å². The Balaban J connectivity index is 1.44. The van der Waals surface area contributed by atoms with Crippen LogP contribution in [-0.4, -0.2) is 40.7 Å². The lowest BCUT2D eigenvalue weighted by atomic mass is 9.88. The van der Waals surface area contributed by atoms with E-state index in [2.05, 4.69) is 29.2 Å². The molecule has 0 radical (unpaired) electrons. The van der Waals surface area contributed by atoms with Crippen molar-refractivity contribution in [3.8, 4) is 5.75 Å². The predicted octanol–water partition coefficient (Wildman–Crippen LogP) is 5.03. The molecule has 0 aliphatic carbocycles. The van der Waals surface area contributed by atoms with Gasteiger partial charge in [0, 0.05) is 12.1 Å². The second kappa shape index (κ2) is 11.1. The Kier molecular flexibility index (Phi) is 7.70. The number of aliphatic hydroxyl groups excluding tert-OH is 1. The van der Waals surface area contributed by atoms with Gasteiger partial charge in [-0.2, -0.15) is 0 Å². The van der Waals surface area contributed by atoms with Crippen LogP contribution in [0.5, 0.6) is 5.75 Å². The molecule has 3 aromatic carbocycles. The monoisotopic (exact) mass is 446 g/mol. The van der Waals surface area contributed by atoms with E-state index >= 15 is 0 Å². The van der Waals surface area contributed by atoms with Crippen LogP contribution in [0.2, 0.25) is 0 Å². The van der Waals surface area contributed by atoms with E-state index in [1.807, 2.05) is 36.4 Å². The van der Waals surface area contributed by atoms with Crippen LogP contribution in [0, 0.1) is 16.0 Å². The highest BCUT2D eigenvalue weighted by molar-refractivity contribution is 5.34. The summed E-state index contributed by atoms with van der Waals surface area (Å²) < 4.78 is 6.04. The fourth-order valence-corrected chi connectivity index (χ4v) is 4.55.